The van der Waals surface area contributed by atoms with Crippen LogP contribution in [0.15, 0.2) is 59.1 Å². The maximum Gasteiger partial charge on any atom is 0.224 e. The molecular weight excluding hydrogens is 376 g/mol. The zero-order chi connectivity index (χ0) is 20.9. The highest BCUT2D eigenvalue weighted by atomic mass is 16.4. The molecule has 1 saturated heterocycles. The number of likely N-dealkylation sites (N-methyl/N-ethyl adjacent to an activating group) is 1. The van der Waals surface area contributed by atoms with Gasteiger partial charge in [0.1, 0.15) is 0 Å². The van der Waals surface area contributed by atoms with Crippen molar-refractivity contribution in [1.29, 1.82) is 0 Å². The largest absolute Gasteiger partial charge is 0.441 e. The Morgan fingerprint density at radius 2 is 1.73 bits per heavy atom. The van der Waals surface area contributed by atoms with Crippen molar-refractivity contribution in [3.05, 3.63) is 66.2 Å². The average Bonchev–Trinajstić information content (AvgIpc) is 3.23. The molecule has 1 aliphatic rings. The smallest absolute Gasteiger partial charge is 0.224 e. The van der Waals surface area contributed by atoms with Gasteiger partial charge in [-0.1, -0.05) is 29.8 Å². The highest BCUT2D eigenvalue weighted by molar-refractivity contribution is 5.91. The van der Waals surface area contributed by atoms with Crippen LogP contribution in [-0.4, -0.2) is 49.0 Å². The van der Waals surface area contributed by atoms with Crippen LogP contribution in [0.2, 0.25) is 0 Å². The molecule has 2 heterocycles. The molecule has 30 heavy (non-hydrogen) atoms. The Bertz CT molecular complexity index is 971. The molecule has 1 fully saturated rings. The van der Waals surface area contributed by atoms with Crippen molar-refractivity contribution >= 4 is 17.3 Å². The van der Waals surface area contributed by atoms with Crippen LogP contribution in [-0.2, 0) is 11.2 Å². The summed E-state index contributed by atoms with van der Waals surface area (Å²) in [5, 5.41) is 2.96. The molecule has 0 saturated carbocycles. The van der Waals surface area contributed by atoms with Crippen molar-refractivity contribution in [2.45, 2.75) is 19.8 Å². The second-order valence-electron chi connectivity index (χ2n) is 7.87. The van der Waals surface area contributed by atoms with Gasteiger partial charge in [0.2, 0.25) is 5.91 Å². The average molecular weight is 405 g/mol. The molecule has 1 N–H and O–H groups in total. The van der Waals surface area contributed by atoms with Gasteiger partial charge in [-0.15, -0.1) is 0 Å². The molecule has 0 spiro atoms. The van der Waals surface area contributed by atoms with E-state index in [0.717, 1.165) is 43.2 Å². The molecule has 156 valence electrons. The first-order chi connectivity index (χ1) is 14.6. The minimum Gasteiger partial charge on any atom is -0.441 e. The van der Waals surface area contributed by atoms with Crippen molar-refractivity contribution in [3.63, 3.8) is 0 Å². The number of anilines is 2. The molecular formula is C24H28N4O2. The Kier molecular flexibility index (Phi) is 6.14. The van der Waals surface area contributed by atoms with Crippen LogP contribution >= 0.6 is 0 Å². The van der Waals surface area contributed by atoms with E-state index in [-0.39, 0.29) is 5.91 Å². The number of hydrogen-bond donors (Lipinski definition) is 1. The van der Waals surface area contributed by atoms with Gasteiger partial charge in [0, 0.05) is 56.0 Å². The molecule has 0 bridgehead atoms. The van der Waals surface area contributed by atoms with E-state index in [9.17, 15) is 4.79 Å². The topological polar surface area (TPSA) is 61.6 Å². The molecule has 6 heteroatoms. The first-order valence-corrected chi connectivity index (χ1v) is 10.4. The van der Waals surface area contributed by atoms with Gasteiger partial charge in [-0.05, 0) is 38.2 Å². The molecule has 0 atom stereocenters. The van der Waals surface area contributed by atoms with E-state index < -0.39 is 0 Å². The fourth-order valence-electron chi connectivity index (χ4n) is 3.54. The predicted molar refractivity (Wildman–Crippen MR) is 120 cm³/mol. The Morgan fingerprint density at radius 3 is 2.43 bits per heavy atom. The maximum absolute atomic E-state index is 12.3. The van der Waals surface area contributed by atoms with E-state index in [1.807, 2.05) is 43.3 Å². The second-order valence-corrected chi connectivity index (χ2v) is 7.87. The highest BCUT2D eigenvalue weighted by Crippen LogP contribution is 2.22. The number of nitrogens with zero attached hydrogens (tertiary/aromatic N) is 3. The number of piperazine rings is 1. The number of carbonyl (C=O) groups excluding carboxylic acids is 1. The Morgan fingerprint density at radius 1 is 1.03 bits per heavy atom. The van der Waals surface area contributed by atoms with E-state index >= 15 is 0 Å². The molecule has 0 radical (unpaired) electrons. The normalized spacial score (nSPS) is 14.7. The van der Waals surface area contributed by atoms with Crippen molar-refractivity contribution < 1.29 is 9.21 Å². The summed E-state index contributed by atoms with van der Waals surface area (Å²) in [7, 11) is 2.15. The standard InChI is InChI=1S/C24H28N4O2/c1-18-3-5-19(6-4-18)22-17-25-24(30-22)12-11-23(29)26-20-7-9-21(10-8-20)28-15-13-27(2)14-16-28/h3-10,17H,11-16H2,1-2H3,(H,26,29). The molecule has 1 aromatic heterocycles. The van der Waals surface area contributed by atoms with E-state index in [1.165, 1.54) is 11.3 Å². The van der Waals surface area contributed by atoms with Crippen molar-refractivity contribution in [2.75, 3.05) is 43.4 Å². The lowest BCUT2D eigenvalue weighted by Crippen LogP contribution is -2.44. The third kappa shape index (κ3) is 5.07. The fraction of sp³-hybridized carbons (Fsp3) is 0.333. The molecule has 3 aromatic rings. The molecule has 2 aromatic carbocycles. The Hall–Kier alpha value is -3.12. The minimum absolute atomic E-state index is 0.0440. The van der Waals surface area contributed by atoms with Crippen molar-refractivity contribution in [2.24, 2.45) is 0 Å². The van der Waals surface area contributed by atoms with Crippen LogP contribution in [0, 0.1) is 6.92 Å². The summed E-state index contributed by atoms with van der Waals surface area (Å²) >= 11 is 0. The van der Waals surface area contributed by atoms with Gasteiger partial charge in [0.05, 0.1) is 6.20 Å². The van der Waals surface area contributed by atoms with Gasteiger partial charge >= 0.3 is 0 Å². The van der Waals surface area contributed by atoms with Crippen LogP contribution in [0.25, 0.3) is 11.3 Å². The number of aromatic nitrogens is 1. The summed E-state index contributed by atoms with van der Waals surface area (Å²) in [4.78, 5) is 21.3. The molecule has 1 amide bonds. The molecule has 6 nitrogen and oxygen atoms in total. The van der Waals surface area contributed by atoms with Crippen molar-refractivity contribution in [3.8, 4) is 11.3 Å². The zero-order valence-corrected chi connectivity index (χ0v) is 17.6. The number of aryl methyl sites for hydroxylation is 2. The Balaban J connectivity index is 1.27. The molecule has 4 rings (SSSR count). The zero-order valence-electron chi connectivity index (χ0n) is 17.6. The highest BCUT2D eigenvalue weighted by Gasteiger charge is 2.14. The van der Waals surface area contributed by atoms with Crippen LogP contribution in [0.3, 0.4) is 0 Å². The first-order valence-electron chi connectivity index (χ1n) is 10.4. The number of nitrogens with one attached hydrogen (secondary N) is 1. The van der Waals surface area contributed by atoms with Gasteiger partial charge in [-0.25, -0.2) is 4.98 Å². The summed E-state index contributed by atoms with van der Waals surface area (Å²) in [5.74, 6) is 1.26. The lowest BCUT2D eigenvalue weighted by Gasteiger charge is -2.34. The van der Waals surface area contributed by atoms with Crippen LogP contribution < -0.4 is 10.2 Å². The lowest BCUT2D eigenvalue weighted by atomic mass is 10.1. The number of oxazole rings is 1. The predicted octanol–water partition coefficient (Wildman–Crippen LogP) is 3.97. The van der Waals surface area contributed by atoms with E-state index in [1.54, 1.807) is 6.20 Å². The number of rotatable bonds is 6. The summed E-state index contributed by atoms with van der Waals surface area (Å²) in [6.07, 6.45) is 2.51. The summed E-state index contributed by atoms with van der Waals surface area (Å²) in [6.45, 7) is 6.26. The monoisotopic (exact) mass is 404 g/mol. The quantitative estimate of drug-likeness (QED) is 0.674. The summed E-state index contributed by atoms with van der Waals surface area (Å²) in [5.41, 5.74) is 4.20. The summed E-state index contributed by atoms with van der Waals surface area (Å²) in [6, 6.07) is 16.2. The van der Waals surface area contributed by atoms with E-state index in [4.69, 9.17) is 4.42 Å². The SMILES string of the molecule is Cc1ccc(-c2cnc(CCC(=O)Nc3ccc(N4CCN(C)CC4)cc3)o2)cc1. The van der Waals surface area contributed by atoms with Gasteiger partial charge < -0.3 is 19.5 Å². The van der Waals surface area contributed by atoms with Crippen LogP contribution in [0.1, 0.15) is 17.9 Å². The van der Waals surface area contributed by atoms with Crippen LogP contribution in [0.4, 0.5) is 11.4 Å². The van der Waals surface area contributed by atoms with Crippen molar-refractivity contribution in [1.82, 2.24) is 9.88 Å². The number of hydrogen-bond acceptors (Lipinski definition) is 5. The van der Waals surface area contributed by atoms with Gasteiger partial charge in [0.15, 0.2) is 11.7 Å². The second kappa shape index (κ2) is 9.13. The first kappa shape index (κ1) is 20.2. The molecule has 1 aliphatic heterocycles. The third-order valence-electron chi connectivity index (χ3n) is 5.48. The maximum atomic E-state index is 12.3. The van der Waals surface area contributed by atoms with Crippen LogP contribution in [0.5, 0.6) is 0 Å². The number of carbonyl (C=O) groups is 1. The van der Waals surface area contributed by atoms with E-state index in [2.05, 4.69) is 39.3 Å². The summed E-state index contributed by atoms with van der Waals surface area (Å²) < 4.78 is 5.80. The minimum atomic E-state index is -0.0440. The number of amides is 1. The fourth-order valence-corrected chi connectivity index (χ4v) is 3.54. The number of benzene rings is 2. The van der Waals surface area contributed by atoms with Gasteiger partial charge in [-0.3, -0.25) is 4.79 Å². The Labute approximate surface area is 177 Å². The third-order valence-corrected chi connectivity index (χ3v) is 5.48. The molecule has 0 aliphatic carbocycles. The van der Waals surface area contributed by atoms with Gasteiger partial charge in [-0.2, -0.15) is 0 Å². The molecule has 0 unspecified atom stereocenters. The van der Waals surface area contributed by atoms with Gasteiger partial charge in [0.25, 0.3) is 0 Å². The van der Waals surface area contributed by atoms with E-state index in [0.29, 0.717) is 18.7 Å². The lowest BCUT2D eigenvalue weighted by molar-refractivity contribution is -0.116.